The summed E-state index contributed by atoms with van der Waals surface area (Å²) in [6.45, 7) is 3.70. The summed E-state index contributed by atoms with van der Waals surface area (Å²) in [7, 11) is 0. The summed E-state index contributed by atoms with van der Waals surface area (Å²) in [5.41, 5.74) is 2.52. The number of carbonyl (C=O) groups excluding carboxylic acids is 1. The van der Waals surface area contributed by atoms with Crippen molar-refractivity contribution < 1.29 is 9.53 Å². The normalized spacial score (nSPS) is 27.2. The molecular formula is C15H19NO2S. The molecule has 0 spiro atoms. The van der Waals surface area contributed by atoms with E-state index in [4.69, 9.17) is 4.74 Å². The summed E-state index contributed by atoms with van der Waals surface area (Å²) in [5.74, 6) is 0.833. The first kappa shape index (κ1) is 13.0. The molecule has 3 rings (SSSR count). The van der Waals surface area contributed by atoms with Crippen LogP contribution in [0.5, 0.6) is 0 Å². The predicted octanol–water partition coefficient (Wildman–Crippen LogP) is 2.75. The average Bonchev–Trinajstić information content (AvgIpc) is 3.03. The molecule has 2 fully saturated rings. The third-order valence-electron chi connectivity index (χ3n) is 3.85. The molecule has 2 heterocycles. The van der Waals surface area contributed by atoms with Crippen LogP contribution in [0.15, 0.2) is 24.3 Å². The molecule has 1 aromatic carbocycles. The van der Waals surface area contributed by atoms with Gasteiger partial charge in [0.2, 0.25) is 5.91 Å². The molecule has 1 aromatic rings. The third-order valence-corrected chi connectivity index (χ3v) is 5.08. The second-order valence-electron chi connectivity index (χ2n) is 5.20. The van der Waals surface area contributed by atoms with Crippen LogP contribution < -0.4 is 0 Å². The zero-order chi connectivity index (χ0) is 13.2. The van der Waals surface area contributed by atoms with Crippen molar-refractivity contribution in [2.75, 3.05) is 18.9 Å². The first-order valence-electron chi connectivity index (χ1n) is 6.84. The molecule has 3 nitrogen and oxygen atoms in total. The van der Waals surface area contributed by atoms with Crippen molar-refractivity contribution in [3.63, 3.8) is 0 Å². The molecule has 0 saturated carbocycles. The Hall–Kier alpha value is -1.00. The largest absolute Gasteiger partial charge is 0.376 e. The molecule has 2 unspecified atom stereocenters. The molecular weight excluding hydrogens is 258 g/mol. The van der Waals surface area contributed by atoms with Crippen molar-refractivity contribution in [3.8, 4) is 0 Å². The van der Waals surface area contributed by atoms with Gasteiger partial charge < -0.3 is 9.64 Å². The number of nitrogens with zero attached hydrogens (tertiary/aromatic N) is 1. The lowest BCUT2D eigenvalue weighted by atomic mass is 10.1. The summed E-state index contributed by atoms with van der Waals surface area (Å²) in [5, 5.41) is 0.165. The minimum absolute atomic E-state index is 0.165. The van der Waals surface area contributed by atoms with E-state index in [-0.39, 0.29) is 17.4 Å². The van der Waals surface area contributed by atoms with Gasteiger partial charge in [0.05, 0.1) is 11.9 Å². The van der Waals surface area contributed by atoms with Gasteiger partial charge in [0.15, 0.2) is 0 Å². The van der Waals surface area contributed by atoms with Gasteiger partial charge >= 0.3 is 0 Å². The second-order valence-corrected chi connectivity index (χ2v) is 6.27. The van der Waals surface area contributed by atoms with E-state index in [9.17, 15) is 4.79 Å². The van der Waals surface area contributed by atoms with E-state index >= 15 is 0 Å². The first-order valence-corrected chi connectivity index (χ1v) is 7.89. The van der Waals surface area contributed by atoms with Gasteiger partial charge in [0.1, 0.15) is 5.37 Å². The van der Waals surface area contributed by atoms with E-state index in [0.29, 0.717) is 5.75 Å². The molecule has 2 aliphatic rings. The number of thioether (sulfide) groups is 1. The Balaban J connectivity index is 1.79. The number of rotatable bonds is 3. The highest BCUT2D eigenvalue weighted by Crippen LogP contribution is 2.40. The molecule has 0 aromatic heterocycles. The van der Waals surface area contributed by atoms with Crippen LogP contribution in [0.4, 0.5) is 0 Å². The maximum Gasteiger partial charge on any atom is 0.233 e. The minimum atomic E-state index is 0.165. The molecule has 2 aliphatic heterocycles. The number of amides is 1. The topological polar surface area (TPSA) is 29.5 Å². The number of aryl methyl sites for hydroxylation is 1. The van der Waals surface area contributed by atoms with Crippen molar-refractivity contribution in [1.82, 2.24) is 4.90 Å². The van der Waals surface area contributed by atoms with E-state index in [2.05, 4.69) is 25.1 Å². The molecule has 1 amide bonds. The molecule has 19 heavy (non-hydrogen) atoms. The van der Waals surface area contributed by atoms with Crippen molar-refractivity contribution >= 4 is 17.7 Å². The zero-order valence-electron chi connectivity index (χ0n) is 11.2. The Kier molecular flexibility index (Phi) is 3.80. The van der Waals surface area contributed by atoms with Crippen LogP contribution >= 0.6 is 11.8 Å². The molecule has 2 atom stereocenters. The Morgan fingerprint density at radius 3 is 3.00 bits per heavy atom. The second kappa shape index (κ2) is 5.55. The molecule has 4 heteroatoms. The predicted molar refractivity (Wildman–Crippen MR) is 77.1 cm³/mol. The summed E-state index contributed by atoms with van der Waals surface area (Å²) < 4.78 is 5.67. The van der Waals surface area contributed by atoms with Crippen LogP contribution in [0.1, 0.15) is 29.3 Å². The number of carbonyl (C=O) groups is 1. The molecule has 102 valence electrons. The summed E-state index contributed by atoms with van der Waals surface area (Å²) in [6, 6.07) is 8.34. The van der Waals surface area contributed by atoms with E-state index in [1.54, 1.807) is 11.8 Å². The Labute approximate surface area is 118 Å². The monoisotopic (exact) mass is 277 g/mol. The van der Waals surface area contributed by atoms with Gasteiger partial charge in [-0.1, -0.05) is 24.3 Å². The zero-order valence-corrected chi connectivity index (χ0v) is 12.0. The molecule has 2 saturated heterocycles. The van der Waals surface area contributed by atoms with Gasteiger partial charge in [-0.3, -0.25) is 4.79 Å². The van der Waals surface area contributed by atoms with Gasteiger partial charge in [0, 0.05) is 13.2 Å². The summed E-state index contributed by atoms with van der Waals surface area (Å²) in [4.78, 5) is 14.1. The van der Waals surface area contributed by atoms with Crippen LogP contribution in [0.3, 0.4) is 0 Å². The fourth-order valence-electron chi connectivity index (χ4n) is 2.78. The Morgan fingerprint density at radius 2 is 2.26 bits per heavy atom. The number of ether oxygens (including phenoxy) is 1. The van der Waals surface area contributed by atoms with Gasteiger partial charge in [-0.2, -0.15) is 0 Å². The average molecular weight is 277 g/mol. The number of hydrogen-bond acceptors (Lipinski definition) is 3. The van der Waals surface area contributed by atoms with Crippen LogP contribution in [-0.4, -0.2) is 35.8 Å². The van der Waals surface area contributed by atoms with Crippen LogP contribution in [0.2, 0.25) is 0 Å². The lowest BCUT2D eigenvalue weighted by Gasteiger charge is -2.27. The van der Waals surface area contributed by atoms with Crippen LogP contribution in [0, 0.1) is 6.92 Å². The van der Waals surface area contributed by atoms with E-state index < -0.39 is 0 Å². The fourth-order valence-corrected chi connectivity index (χ4v) is 4.07. The van der Waals surface area contributed by atoms with Crippen molar-refractivity contribution in [3.05, 3.63) is 35.4 Å². The number of hydrogen-bond donors (Lipinski definition) is 0. The van der Waals surface area contributed by atoms with Crippen molar-refractivity contribution in [2.45, 2.75) is 31.2 Å². The van der Waals surface area contributed by atoms with Crippen LogP contribution in [-0.2, 0) is 9.53 Å². The van der Waals surface area contributed by atoms with Gasteiger partial charge in [-0.05, 0) is 30.9 Å². The van der Waals surface area contributed by atoms with E-state index in [1.165, 1.54) is 11.1 Å². The van der Waals surface area contributed by atoms with Gasteiger partial charge in [0.25, 0.3) is 0 Å². The maximum atomic E-state index is 12.1. The highest BCUT2D eigenvalue weighted by Gasteiger charge is 2.35. The highest BCUT2D eigenvalue weighted by molar-refractivity contribution is 8.00. The molecule has 0 bridgehead atoms. The Morgan fingerprint density at radius 1 is 1.42 bits per heavy atom. The standard InChI is InChI=1S/C15H19NO2S/c1-11-5-2-3-7-13(11)15-16(14(17)10-19-15)9-12-6-4-8-18-12/h2-3,5,7,12,15H,4,6,8-10H2,1H3. The third kappa shape index (κ3) is 2.65. The smallest absolute Gasteiger partial charge is 0.233 e. The van der Waals surface area contributed by atoms with Crippen molar-refractivity contribution in [2.24, 2.45) is 0 Å². The molecule has 0 N–H and O–H groups in total. The fraction of sp³-hybridized carbons (Fsp3) is 0.533. The lowest BCUT2D eigenvalue weighted by Crippen LogP contribution is -2.35. The lowest BCUT2D eigenvalue weighted by molar-refractivity contribution is -0.129. The van der Waals surface area contributed by atoms with Gasteiger partial charge in [-0.25, -0.2) is 0 Å². The van der Waals surface area contributed by atoms with E-state index in [1.807, 2.05) is 11.0 Å². The molecule has 0 aliphatic carbocycles. The van der Waals surface area contributed by atoms with Crippen LogP contribution in [0.25, 0.3) is 0 Å². The number of benzene rings is 1. The highest BCUT2D eigenvalue weighted by atomic mass is 32.2. The SMILES string of the molecule is Cc1ccccc1C1SCC(=O)N1CC1CCCO1. The minimum Gasteiger partial charge on any atom is -0.376 e. The Bertz CT molecular complexity index is 471. The van der Waals surface area contributed by atoms with Gasteiger partial charge in [-0.15, -0.1) is 11.8 Å². The first-order chi connectivity index (χ1) is 9.25. The summed E-state index contributed by atoms with van der Waals surface area (Å²) >= 11 is 1.73. The summed E-state index contributed by atoms with van der Waals surface area (Å²) in [6.07, 6.45) is 2.43. The maximum absolute atomic E-state index is 12.1. The molecule has 0 radical (unpaired) electrons. The quantitative estimate of drug-likeness (QED) is 0.851. The van der Waals surface area contributed by atoms with Crippen molar-refractivity contribution in [1.29, 1.82) is 0 Å². The van der Waals surface area contributed by atoms with E-state index in [0.717, 1.165) is 26.0 Å².